The van der Waals surface area contributed by atoms with Crippen molar-refractivity contribution in [3.8, 4) is 11.8 Å². The van der Waals surface area contributed by atoms with Crippen LogP contribution in [0.2, 0.25) is 0 Å². The molecule has 1 aromatic carbocycles. The number of nitro benzene ring substituents is 1. The van der Waals surface area contributed by atoms with Gasteiger partial charge < -0.3 is 5.11 Å². The average molecular weight is 248 g/mol. The number of hydrogen-bond donors (Lipinski definition) is 2. The third-order valence-electron chi connectivity index (χ3n) is 1.84. The summed E-state index contributed by atoms with van der Waals surface area (Å²) in [4.78, 5) is 20.7. The second-order valence-corrected chi connectivity index (χ2v) is 3.13. The maximum atomic E-state index is 10.9. The van der Waals surface area contributed by atoms with E-state index in [1.165, 1.54) is 12.3 Å². The molecule has 2 N–H and O–H groups in total. The van der Waals surface area contributed by atoms with Crippen molar-refractivity contribution in [2.24, 2.45) is 5.10 Å². The van der Waals surface area contributed by atoms with Crippen LogP contribution in [0.4, 0.5) is 5.69 Å². The quantitative estimate of drug-likeness (QED) is 0.459. The molecule has 1 rings (SSSR count). The molecule has 0 atom stereocenters. The largest absolute Gasteiger partial charge is 0.502 e. The molecular formula is C10H8N4O4. The molecule has 1 amide bonds. The van der Waals surface area contributed by atoms with Gasteiger partial charge in [-0.05, 0) is 12.1 Å². The number of amides is 1. The number of phenolic OH excluding ortho intramolecular Hbond substituents is 1. The lowest BCUT2D eigenvalue weighted by Crippen LogP contribution is -2.16. The minimum Gasteiger partial charge on any atom is -0.502 e. The van der Waals surface area contributed by atoms with E-state index in [0.717, 1.165) is 12.1 Å². The van der Waals surface area contributed by atoms with E-state index in [0.29, 0.717) is 5.56 Å². The highest BCUT2D eigenvalue weighted by Gasteiger charge is 2.12. The standard InChI is InChI=1S/C10H8N4O4/c11-4-3-10(16)13-12-6-7-1-2-9(15)8(5-7)14(17)18/h1-2,5-6,15H,3H2,(H,13,16)/b12-6-. The summed E-state index contributed by atoms with van der Waals surface area (Å²) < 4.78 is 0. The van der Waals surface area contributed by atoms with Crippen LogP contribution in [0.1, 0.15) is 12.0 Å². The molecule has 0 fully saturated rings. The van der Waals surface area contributed by atoms with Crippen molar-refractivity contribution in [1.29, 1.82) is 5.26 Å². The molecule has 0 aliphatic heterocycles. The summed E-state index contributed by atoms with van der Waals surface area (Å²) in [5.41, 5.74) is 1.95. The third kappa shape index (κ3) is 3.57. The van der Waals surface area contributed by atoms with Crippen LogP contribution in [0.25, 0.3) is 0 Å². The van der Waals surface area contributed by atoms with Crippen molar-refractivity contribution in [3.05, 3.63) is 33.9 Å². The van der Waals surface area contributed by atoms with Gasteiger partial charge in [0.15, 0.2) is 5.75 Å². The van der Waals surface area contributed by atoms with E-state index in [4.69, 9.17) is 5.26 Å². The lowest BCUT2D eigenvalue weighted by molar-refractivity contribution is -0.385. The first-order valence-electron chi connectivity index (χ1n) is 4.71. The summed E-state index contributed by atoms with van der Waals surface area (Å²) in [7, 11) is 0. The number of rotatable bonds is 4. The number of carbonyl (C=O) groups is 1. The first-order valence-corrected chi connectivity index (χ1v) is 4.71. The highest BCUT2D eigenvalue weighted by atomic mass is 16.6. The summed E-state index contributed by atoms with van der Waals surface area (Å²) in [6, 6.07) is 5.29. The Kier molecular flexibility index (Phi) is 4.34. The zero-order valence-corrected chi connectivity index (χ0v) is 9.03. The second-order valence-electron chi connectivity index (χ2n) is 3.13. The number of benzene rings is 1. The summed E-state index contributed by atoms with van der Waals surface area (Å²) in [6.07, 6.45) is 0.842. The van der Waals surface area contributed by atoms with E-state index in [9.17, 15) is 20.0 Å². The van der Waals surface area contributed by atoms with Gasteiger partial charge in [0.1, 0.15) is 6.42 Å². The Morgan fingerprint density at radius 1 is 1.67 bits per heavy atom. The van der Waals surface area contributed by atoms with Gasteiger partial charge in [0.2, 0.25) is 0 Å². The molecule has 0 spiro atoms. The molecule has 0 saturated heterocycles. The predicted octanol–water partition coefficient (Wildman–Crippen LogP) is 0.664. The molecule has 0 aliphatic rings. The van der Waals surface area contributed by atoms with Crippen LogP contribution in [0.15, 0.2) is 23.3 Å². The number of nitrogens with zero attached hydrogens (tertiary/aromatic N) is 3. The van der Waals surface area contributed by atoms with Gasteiger partial charge in [0.05, 0.1) is 17.2 Å². The van der Waals surface area contributed by atoms with Gasteiger partial charge in [0.25, 0.3) is 5.91 Å². The van der Waals surface area contributed by atoms with Crippen LogP contribution in [0, 0.1) is 21.4 Å². The molecule has 0 aliphatic carbocycles. The highest BCUT2D eigenvalue weighted by Crippen LogP contribution is 2.25. The Balaban J connectivity index is 2.77. The number of phenols is 1. The van der Waals surface area contributed by atoms with Crippen LogP contribution in [-0.4, -0.2) is 22.2 Å². The van der Waals surface area contributed by atoms with Crippen molar-refractivity contribution in [2.45, 2.75) is 6.42 Å². The van der Waals surface area contributed by atoms with Gasteiger partial charge in [-0.1, -0.05) is 0 Å². The number of nitrogens with one attached hydrogen (secondary N) is 1. The first-order chi connectivity index (χ1) is 8.54. The molecule has 0 heterocycles. The van der Waals surface area contributed by atoms with E-state index in [1.807, 2.05) is 0 Å². The molecule has 1 aromatic rings. The van der Waals surface area contributed by atoms with E-state index in [2.05, 4.69) is 10.5 Å². The van der Waals surface area contributed by atoms with Gasteiger partial charge >= 0.3 is 5.69 Å². The maximum absolute atomic E-state index is 10.9. The first kappa shape index (κ1) is 13.1. The van der Waals surface area contributed by atoms with E-state index in [1.54, 1.807) is 6.07 Å². The SMILES string of the molecule is N#CCC(=O)N/N=C\c1ccc(O)c([N+](=O)[O-])c1. The van der Waals surface area contributed by atoms with Crippen molar-refractivity contribution in [2.75, 3.05) is 0 Å². The molecule has 0 saturated carbocycles. The lowest BCUT2D eigenvalue weighted by Gasteiger charge is -1.97. The minimum absolute atomic E-state index is 0.326. The van der Waals surface area contributed by atoms with Crippen LogP contribution < -0.4 is 5.43 Å². The Morgan fingerprint density at radius 2 is 2.39 bits per heavy atom. The summed E-state index contributed by atoms with van der Waals surface area (Å²) >= 11 is 0. The van der Waals surface area contributed by atoms with Crippen molar-refractivity contribution in [1.82, 2.24) is 5.43 Å². The van der Waals surface area contributed by atoms with E-state index < -0.39 is 22.3 Å². The molecule has 92 valence electrons. The van der Waals surface area contributed by atoms with E-state index in [-0.39, 0.29) is 6.42 Å². The molecule has 18 heavy (non-hydrogen) atoms. The molecule has 0 aromatic heterocycles. The van der Waals surface area contributed by atoms with Crippen LogP contribution in [0.3, 0.4) is 0 Å². The van der Waals surface area contributed by atoms with Gasteiger partial charge in [-0.3, -0.25) is 14.9 Å². The van der Waals surface area contributed by atoms with Crippen LogP contribution in [-0.2, 0) is 4.79 Å². The van der Waals surface area contributed by atoms with Gasteiger partial charge in [-0.2, -0.15) is 10.4 Å². The zero-order chi connectivity index (χ0) is 13.5. The van der Waals surface area contributed by atoms with Crippen molar-refractivity contribution >= 4 is 17.8 Å². The number of nitro groups is 1. The fourth-order valence-corrected chi connectivity index (χ4v) is 1.06. The topological polar surface area (TPSA) is 129 Å². The Bertz CT molecular complexity index is 547. The van der Waals surface area contributed by atoms with Gasteiger partial charge in [-0.25, -0.2) is 5.43 Å². The van der Waals surface area contributed by atoms with Crippen molar-refractivity contribution < 1.29 is 14.8 Å². The predicted molar refractivity (Wildman–Crippen MR) is 60.7 cm³/mol. The smallest absolute Gasteiger partial charge is 0.311 e. The highest BCUT2D eigenvalue weighted by molar-refractivity contribution is 5.84. The molecular weight excluding hydrogens is 240 g/mol. The van der Waals surface area contributed by atoms with E-state index >= 15 is 0 Å². The average Bonchev–Trinajstić information content (AvgIpc) is 2.31. The van der Waals surface area contributed by atoms with Crippen LogP contribution >= 0.6 is 0 Å². The summed E-state index contributed by atoms with van der Waals surface area (Å²) in [6.45, 7) is 0. The fourth-order valence-electron chi connectivity index (χ4n) is 1.06. The Labute approximate surface area is 101 Å². The monoisotopic (exact) mass is 248 g/mol. The third-order valence-corrected chi connectivity index (χ3v) is 1.84. The Hall–Kier alpha value is -2.95. The molecule has 8 heteroatoms. The maximum Gasteiger partial charge on any atom is 0.311 e. The molecule has 0 bridgehead atoms. The van der Waals surface area contributed by atoms with Crippen molar-refractivity contribution in [3.63, 3.8) is 0 Å². The Morgan fingerprint density at radius 3 is 3.00 bits per heavy atom. The number of carbonyl (C=O) groups excluding carboxylic acids is 1. The second kappa shape index (κ2) is 5.95. The van der Waals surface area contributed by atoms with Gasteiger partial charge in [-0.15, -0.1) is 0 Å². The fraction of sp³-hybridized carbons (Fsp3) is 0.100. The zero-order valence-electron chi connectivity index (χ0n) is 9.03. The number of aromatic hydroxyl groups is 1. The molecule has 8 nitrogen and oxygen atoms in total. The summed E-state index contributed by atoms with van der Waals surface area (Å²) in [5, 5.41) is 31.5. The number of nitriles is 1. The molecule has 0 unspecified atom stereocenters. The molecule has 0 radical (unpaired) electrons. The number of hydrogen-bond acceptors (Lipinski definition) is 6. The minimum atomic E-state index is -0.735. The van der Waals surface area contributed by atoms with Crippen LogP contribution in [0.5, 0.6) is 5.75 Å². The lowest BCUT2D eigenvalue weighted by atomic mass is 10.2. The summed E-state index contributed by atoms with van der Waals surface area (Å²) in [5.74, 6) is -1.03. The van der Waals surface area contributed by atoms with Gasteiger partial charge in [0, 0.05) is 11.6 Å². The number of hydrazone groups is 1. The normalized spacial score (nSPS) is 9.94.